The number of aromatic nitrogens is 2. The molecule has 2 heterocycles. The van der Waals surface area contributed by atoms with E-state index in [1.54, 1.807) is 13.8 Å². The Morgan fingerprint density at radius 3 is 2.79 bits per heavy atom. The standard InChI is InChI=1S/C14H18N2O2S/c1-14(2,17)13-15-10-6-7-11(16-12(10)19-13)18-8-9-4-3-5-9/h6-7,9,17H,3-5,8H2,1-2H3. The zero-order valence-electron chi connectivity index (χ0n) is 11.2. The van der Waals surface area contributed by atoms with Crippen molar-refractivity contribution in [3.8, 4) is 5.88 Å². The number of pyridine rings is 1. The van der Waals surface area contributed by atoms with Gasteiger partial charge in [0.15, 0.2) is 0 Å². The van der Waals surface area contributed by atoms with Gasteiger partial charge in [-0.25, -0.2) is 9.97 Å². The second kappa shape index (κ2) is 4.72. The highest BCUT2D eigenvalue weighted by atomic mass is 32.1. The molecule has 0 amide bonds. The summed E-state index contributed by atoms with van der Waals surface area (Å²) in [6, 6.07) is 3.76. The quantitative estimate of drug-likeness (QED) is 0.933. The summed E-state index contributed by atoms with van der Waals surface area (Å²) in [5.41, 5.74) is -0.101. The third-order valence-electron chi connectivity index (χ3n) is 3.45. The van der Waals surface area contributed by atoms with Gasteiger partial charge in [-0.2, -0.15) is 0 Å². The molecular weight excluding hydrogens is 260 g/mol. The summed E-state index contributed by atoms with van der Waals surface area (Å²) in [5, 5.41) is 10.7. The summed E-state index contributed by atoms with van der Waals surface area (Å²) in [5.74, 6) is 1.36. The topological polar surface area (TPSA) is 55.2 Å². The van der Waals surface area contributed by atoms with Crippen LogP contribution in [0.2, 0.25) is 0 Å². The van der Waals surface area contributed by atoms with Crippen LogP contribution in [0.3, 0.4) is 0 Å². The summed E-state index contributed by atoms with van der Waals surface area (Å²) < 4.78 is 5.72. The Morgan fingerprint density at radius 1 is 1.37 bits per heavy atom. The number of thiazole rings is 1. The molecule has 1 N–H and O–H groups in total. The molecule has 1 fully saturated rings. The van der Waals surface area contributed by atoms with E-state index in [9.17, 15) is 5.11 Å². The lowest BCUT2D eigenvalue weighted by Gasteiger charge is -2.24. The molecule has 3 rings (SSSR count). The van der Waals surface area contributed by atoms with Crippen molar-refractivity contribution in [3.63, 3.8) is 0 Å². The van der Waals surface area contributed by atoms with Crippen molar-refractivity contribution in [2.75, 3.05) is 6.61 Å². The second-order valence-electron chi connectivity index (χ2n) is 5.66. The lowest BCUT2D eigenvalue weighted by molar-refractivity contribution is 0.0785. The molecule has 4 nitrogen and oxygen atoms in total. The molecule has 2 aromatic heterocycles. The van der Waals surface area contributed by atoms with Gasteiger partial charge in [-0.05, 0) is 38.7 Å². The highest BCUT2D eigenvalue weighted by Gasteiger charge is 2.22. The third-order valence-corrected chi connectivity index (χ3v) is 4.72. The highest BCUT2D eigenvalue weighted by molar-refractivity contribution is 7.18. The van der Waals surface area contributed by atoms with Gasteiger partial charge in [-0.3, -0.25) is 0 Å². The van der Waals surface area contributed by atoms with Crippen LogP contribution in [0.4, 0.5) is 0 Å². The second-order valence-corrected chi connectivity index (χ2v) is 6.64. The number of ether oxygens (including phenoxy) is 1. The van der Waals surface area contributed by atoms with Crippen LogP contribution < -0.4 is 4.74 Å². The molecular formula is C14H18N2O2S. The first-order valence-electron chi connectivity index (χ1n) is 6.65. The van der Waals surface area contributed by atoms with Crippen LogP contribution in [-0.2, 0) is 5.60 Å². The van der Waals surface area contributed by atoms with Crippen LogP contribution >= 0.6 is 11.3 Å². The smallest absolute Gasteiger partial charge is 0.214 e. The Kier molecular flexibility index (Phi) is 3.19. The van der Waals surface area contributed by atoms with Crippen molar-refractivity contribution < 1.29 is 9.84 Å². The fourth-order valence-corrected chi connectivity index (χ4v) is 2.94. The van der Waals surface area contributed by atoms with Gasteiger partial charge in [0, 0.05) is 6.07 Å². The molecule has 5 heteroatoms. The first kappa shape index (κ1) is 12.8. The monoisotopic (exact) mass is 278 g/mol. The molecule has 0 spiro atoms. The molecule has 1 aliphatic carbocycles. The van der Waals surface area contributed by atoms with Crippen molar-refractivity contribution in [2.24, 2.45) is 5.92 Å². The van der Waals surface area contributed by atoms with E-state index in [2.05, 4.69) is 9.97 Å². The fourth-order valence-electron chi connectivity index (χ4n) is 2.00. The molecule has 0 aromatic carbocycles. The summed E-state index contributed by atoms with van der Waals surface area (Å²) in [4.78, 5) is 9.68. The van der Waals surface area contributed by atoms with Gasteiger partial charge in [0.2, 0.25) is 5.88 Å². The molecule has 1 aliphatic rings. The van der Waals surface area contributed by atoms with Gasteiger partial charge in [-0.15, -0.1) is 0 Å². The highest BCUT2D eigenvalue weighted by Crippen LogP contribution is 2.30. The summed E-state index contributed by atoms with van der Waals surface area (Å²) >= 11 is 1.42. The number of aliphatic hydroxyl groups is 1. The fraction of sp³-hybridized carbons (Fsp3) is 0.571. The summed E-state index contributed by atoms with van der Waals surface area (Å²) in [6.07, 6.45) is 3.86. The lowest BCUT2D eigenvalue weighted by Crippen LogP contribution is -2.19. The summed E-state index contributed by atoms with van der Waals surface area (Å²) in [6.45, 7) is 4.23. The zero-order chi connectivity index (χ0) is 13.5. The predicted molar refractivity (Wildman–Crippen MR) is 75.5 cm³/mol. The van der Waals surface area contributed by atoms with E-state index in [1.807, 2.05) is 12.1 Å². The maximum absolute atomic E-state index is 9.96. The molecule has 102 valence electrons. The van der Waals surface area contributed by atoms with Crippen LogP contribution in [0.15, 0.2) is 12.1 Å². The van der Waals surface area contributed by atoms with E-state index in [1.165, 1.54) is 30.6 Å². The minimum Gasteiger partial charge on any atom is -0.477 e. The van der Waals surface area contributed by atoms with E-state index >= 15 is 0 Å². The number of hydrogen-bond donors (Lipinski definition) is 1. The van der Waals surface area contributed by atoms with E-state index in [-0.39, 0.29) is 0 Å². The molecule has 2 aromatic rings. The number of hydrogen-bond acceptors (Lipinski definition) is 5. The largest absolute Gasteiger partial charge is 0.477 e. The average Bonchev–Trinajstić information content (AvgIpc) is 2.69. The van der Waals surface area contributed by atoms with Crippen LogP contribution in [0.25, 0.3) is 10.3 Å². The number of fused-ring (bicyclic) bond motifs is 1. The van der Waals surface area contributed by atoms with Gasteiger partial charge in [0.25, 0.3) is 0 Å². The van der Waals surface area contributed by atoms with Crippen LogP contribution in [-0.4, -0.2) is 21.7 Å². The molecule has 0 saturated heterocycles. The number of nitrogens with zero attached hydrogens (tertiary/aromatic N) is 2. The Bertz CT molecular complexity index is 585. The van der Waals surface area contributed by atoms with Gasteiger partial charge in [-0.1, -0.05) is 17.8 Å². The van der Waals surface area contributed by atoms with Crippen molar-refractivity contribution >= 4 is 21.7 Å². The van der Waals surface area contributed by atoms with E-state index in [0.717, 1.165) is 17.0 Å². The van der Waals surface area contributed by atoms with Crippen LogP contribution in [0.5, 0.6) is 5.88 Å². The number of rotatable bonds is 4. The van der Waals surface area contributed by atoms with Gasteiger partial charge >= 0.3 is 0 Å². The Morgan fingerprint density at radius 2 is 2.16 bits per heavy atom. The van der Waals surface area contributed by atoms with Crippen LogP contribution in [0.1, 0.15) is 38.1 Å². The zero-order valence-corrected chi connectivity index (χ0v) is 12.0. The molecule has 0 aliphatic heterocycles. The first-order chi connectivity index (χ1) is 9.02. The van der Waals surface area contributed by atoms with Crippen molar-refractivity contribution in [1.29, 1.82) is 0 Å². The average molecular weight is 278 g/mol. The Balaban J connectivity index is 1.79. The predicted octanol–water partition coefficient (Wildman–Crippen LogP) is 3.10. The van der Waals surface area contributed by atoms with Gasteiger partial charge in [0.1, 0.15) is 21.0 Å². The molecule has 0 radical (unpaired) electrons. The van der Waals surface area contributed by atoms with E-state index in [0.29, 0.717) is 16.8 Å². The molecule has 0 bridgehead atoms. The maximum Gasteiger partial charge on any atom is 0.214 e. The Hall–Kier alpha value is -1.20. The van der Waals surface area contributed by atoms with Crippen molar-refractivity contribution in [3.05, 3.63) is 17.1 Å². The summed E-state index contributed by atoms with van der Waals surface area (Å²) in [7, 11) is 0. The van der Waals surface area contributed by atoms with E-state index < -0.39 is 5.60 Å². The minimum atomic E-state index is -0.918. The Labute approximate surface area is 116 Å². The molecule has 1 saturated carbocycles. The molecule has 0 unspecified atom stereocenters. The SMILES string of the molecule is CC(C)(O)c1nc2ccc(OCC3CCC3)nc2s1. The minimum absolute atomic E-state index is 0.658. The third kappa shape index (κ3) is 2.72. The first-order valence-corrected chi connectivity index (χ1v) is 7.47. The van der Waals surface area contributed by atoms with Gasteiger partial charge < -0.3 is 9.84 Å². The lowest BCUT2D eigenvalue weighted by atomic mass is 9.86. The van der Waals surface area contributed by atoms with Crippen molar-refractivity contribution in [2.45, 2.75) is 38.7 Å². The molecule has 19 heavy (non-hydrogen) atoms. The van der Waals surface area contributed by atoms with Crippen LogP contribution in [0, 0.1) is 5.92 Å². The normalized spacial score (nSPS) is 16.6. The maximum atomic E-state index is 9.96. The van der Waals surface area contributed by atoms with Gasteiger partial charge in [0.05, 0.1) is 6.61 Å². The van der Waals surface area contributed by atoms with Crippen molar-refractivity contribution in [1.82, 2.24) is 9.97 Å². The molecule has 0 atom stereocenters. The van der Waals surface area contributed by atoms with E-state index in [4.69, 9.17) is 4.74 Å².